The number of hydrogen-bond acceptors (Lipinski definition) is 4. The molecule has 0 aromatic heterocycles. The zero-order valence-corrected chi connectivity index (χ0v) is 14.9. The number of nitrogens with zero attached hydrogens (tertiary/aromatic N) is 4. The molecule has 0 N–H and O–H groups in total. The molecule has 0 spiro atoms. The van der Waals surface area contributed by atoms with Gasteiger partial charge in [-0.2, -0.15) is 21.0 Å². The molecule has 0 fully saturated rings. The van der Waals surface area contributed by atoms with Crippen LogP contribution in [0.4, 0.5) is 8.78 Å². The number of allylic oxidation sites excluding steroid dienone is 4. The molecule has 0 aliphatic heterocycles. The lowest BCUT2D eigenvalue weighted by Crippen LogP contribution is -1.93. The monoisotopic (exact) mass is 380 g/mol. The summed E-state index contributed by atoms with van der Waals surface area (Å²) >= 11 is 0. The summed E-state index contributed by atoms with van der Waals surface area (Å²) in [6, 6.07) is 15.9. The van der Waals surface area contributed by atoms with Gasteiger partial charge in [0, 0.05) is 5.57 Å². The largest absolute Gasteiger partial charge is 0.209 e. The van der Waals surface area contributed by atoms with Crippen LogP contribution in [0.25, 0.3) is 16.7 Å². The van der Waals surface area contributed by atoms with Gasteiger partial charge in [0.15, 0.2) is 5.82 Å². The number of halogens is 2. The molecule has 0 heterocycles. The summed E-state index contributed by atoms with van der Waals surface area (Å²) in [4.78, 5) is 0. The molecule has 0 saturated heterocycles. The van der Waals surface area contributed by atoms with Crippen molar-refractivity contribution < 1.29 is 8.78 Å². The molecule has 2 rings (SSSR count). The average Bonchev–Trinajstić information content (AvgIpc) is 2.75. The first-order chi connectivity index (χ1) is 14.0. The van der Waals surface area contributed by atoms with E-state index in [1.807, 2.05) is 0 Å². The molecular weight excluding hydrogens is 370 g/mol. The van der Waals surface area contributed by atoms with E-state index >= 15 is 0 Å². The van der Waals surface area contributed by atoms with E-state index < -0.39 is 18.1 Å². The second-order valence-corrected chi connectivity index (χ2v) is 5.66. The summed E-state index contributed by atoms with van der Waals surface area (Å²) < 4.78 is 27.8. The summed E-state index contributed by atoms with van der Waals surface area (Å²) in [5.74, 6) is 0.588. The van der Waals surface area contributed by atoms with Gasteiger partial charge in [-0.3, -0.25) is 0 Å². The Kier molecular flexibility index (Phi) is 6.61. The molecule has 0 saturated carbocycles. The molecule has 0 aliphatic rings. The molecule has 6 heteroatoms. The van der Waals surface area contributed by atoms with Crippen LogP contribution >= 0.6 is 0 Å². The lowest BCUT2D eigenvalue weighted by Gasteiger charge is -2.08. The van der Waals surface area contributed by atoms with E-state index in [4.69, 9.17) is 27.5 Å². The smallest absolute Gasteiger partial charge is 0.158 e. The van der Waals surface area contributed by atoms with Gasteiger partial charge < -0.3 is 0 Å². The maximum atomic E-state index is 14.0. The molecule has 0 unspecified atom stereocenters. The first-order valence-corrected chi connectivity index (χ1v) is 8.07. The minimum atomic E-state index is -0.894. The highest BCUT2D eigenvalue weighted by Crippen LogP contribution is 2.28. The third-order valence-corrected chi connectivity index (χ3v) is 3.91. The van der Waals surface area contributed by atoms with E-state index in [-0.39, 0.29) is 22.3 Å². The van der Waals surface area contributed by atoms with E-state index in [9.17, 15) is 8.78 Å². The highest BCUT2D eigenvalue weighted by atomic mass is 19.1. The first-order valence-electron chi connectivity index (χ1n) is 8.07. The molecule has 0 bridgehead atoms. The van der Waals surface area contributed by atoms with E-state index in [1.54, 1.807) is 48.5 Å². The van der Waals surface area contributed by atoms with Crippen molar-refractivity contribution in [2.45, 2.75) is 6.42 Å². The van der Waals surface area contributed by atoms with Crippen molar-refractivity contribution in [2.24, 2.45) is 0 Å². The van der Waals surface area contributed by atoms with E-state index in [0.29, 0.717) is 16.7 Å². The Bertz CT molecular complexity index is 1210. The van der Waals surface area contributed by atoms with E-state index in [1.165, 1.54) is 12.1 Å². The van der Waals surface area contributed by atoms with Gasteiger partial charge in [-0.1, -0.05) is 24.1 Å². The van der Waals surface area contributed by atoms with Gasteiger partial charge >= 0.3 is 0 Å². The fraction of sp³-hybridized carbons (Fsp3) is 0.0435. The Balaban J connectivity index is 2.62. The molecule has 4 nitrogen and oxygen atoms in total. The van der Waals surface area contributed by atoms with Crippen LogP contribution in [0.5, 0.6) is 0 Å². The van der Waals surface area contributed by atoms with Crippen LogP contribution in [0, 0.1) is 63.5 Å². The molecule has 2 aromatic carbocycles. The lowest BCUT2D eigenvalue weighted by atomic mass is 9.95. The summed E-state index contributed by atoms with van der Waals surface area (Å²) in [5, 5.41) is 35.9. The predicted octanol–water partition coefficient (Wildman–Crippen LogP) is 4.91. The van der Waals surface area contributed by atoms with Crippen molar-refractivity contribution in [2.75, 3.05) is 0 Å². The van der Waals surface area contributed by atoms with Crippen LogP contribution in [-0.2, 0) is 0 Å². The quantitative estimate of drug-likeness (QED) is 0.427. The molecule has 136 valence electrons. The van der Waals surface area contributed by atoms with Crippen LogP contribution in [0.15, 0.2) is 53.9 Å². The van der Waals surface area contributed by atoms with Crippen LogP contribution in [0.3, 0.4) is 0 Å². The van der Waals surface area contributed by atoms with Crippen LogP contribution in [0.2, 0.25) is 0 Å². The lowest BCUT2D eigenvalue weighted by molar-refractivity contribution is 0.615. The first kappa shape index (κ1) is 20.6. The number of terminal acetylenes is 1. The van der Waals surface area contributed by atoms with Gasteiger partial charge in [0.05, 0.1) is 29.2 Å². The summed E-state index contributed by atoms with van der Waals surface area (Å²) in [5.41, 5.74) is 0.714. The van der Waals surface area contributed by atoms with Crippen molar-refractivity contribution in [1.29, 1.82) is 21.0 Å². The fourth-order valence-corrected chi connectivity index (χ4v) is 2.51. The molecule has 0 aliphatic carbocycles. The van der Waals surface area contributed by atoms with Gasteiger partial charge in [-0.05, 0) is 41.0 Å². The summed E-state index contributed by atoms with van der Waals surface area (Å²) in [6.45, 7) is 0. The topological polar surface area (TPSA) is 95.2 Å². The summed E-state index contributed by atoms with van der Waals surface area (Å²) in [7, 11) is 0. The highest BCUT2D eigenvalue weighted by molar-refractivity contribution is 5.83. The van der Waals surface area contributed by atoms with E-state index in [2.05, 4.69) is 5.92 Å². The second-order valence-electron chi connectivity index (χ2n) is 5.66. The maximum absolute atomic E-state index is 14.0. The molecular formula is C23H10F2N4. The highest BCUT2D eigenvalue weighted by Gasteiger charge is 2.13. The van der Waals surface area contributed by atoms with E-state index in [0.717, 1.165) is 6.08 Å². The normalized spacial score (nSPS) is 11.1. The van der Waals surface area contributed by atoms with Gasteiger partial charge in [0.25, 0.3) is 0 Å². The van der Waals surface area contributed by atoms with Crippen molar-refractivity contribution in [3.8, 4) is 47.7 Å². The Morgan fingerprint density at radius 2 is 1.66 bits per heavy atom. The zero-order valence-electron chi connectivity index (χ0n) is 14.9. The van der Waals surface area contributed by atoms with Crippen molar-refractivity contribution >= 4 is 5.57 Å². The number of benzene rings is 2. The summed E-state index contributed by atoms with van der Waals surface area (Å²) in [6.07, 6.45) is 6.12. The van der Waals surface area contributed by atoms with Gasteiger partial charge in [-0.15, -0.1) is 6.42 Å². The van der Waals surface area contributed by atoms with Crippen molar-refractivity contribution in [3.05, 3.63) is 76.4 Å². The second kappa shape index (κ2) is 9.30. The molecule has 0 radical (unpaired) electrons. The third kappa shape index (κ3) is 4.53. The molecule has 0 atom stereocenters. The molecule has 0 amide bonds. The standard InChI is InChI=1S/C23H10F2N4/c1-2-15(8-19(12-27)22(24)6-7-26)16-4-3-5-17(9-16)18-10-20(13-28)23(25)21(11-18)14-29/h1,3-5,8-11H,6H2/b15-8+,22-19-. The maximum Gasteiger partial charge on any atom is 0.158 e. The minimum absolute atomic E-state index is 0.194. The van der Waals surface area contributed by atoms with Crippen LogP contribution < -0.4 is 0 Å². The van der Waals surface area contributed by atoms with Gasteiger partial charge in [0.2, 0.25) is 0 Å². The van der Waals surface area contributed by atoms with Crippen molar-refractivity contribution in [1.82, 2.24) is 0 Å². The Morgan fingerprint density at radius 3 is 2.17 bits per heavy atom. The van der Waals surface area contributed by atoms with Crippen LogP contribution in [-0.4, -0.2) is 0 Å². The average molecular weight is 380 g/mol. The fourth-order valence-electron chi connectivity index (χ4n) is 2.51. The SMILES string of the molecule is C#C/C(=C\C(C#N)=C(\F)CC#N)c1cccc(-c2cc(C#N)c(F)c(C#N)c2)c1. The number of hydrogen-bond donors (Lipinski definition) is 0. The minimum Gasteiger partial charge on any atom is -0.209 e. The van der Waals surface area contributed by atoms with Gasteiger partial charge in [-0.25, -0.2) is 8.78 Å². The van der Waals surface area contributed by atoms with Crippen LogP contribution in [0.1, 0.15) is 23.1 Å². The number of nitriles is 4. The number of rotatable bonds is 4. The Hall–Kier alpha value is -4.70. The molecule has 29 heavy (non-hydrogen) atoms. The van der Waals surface area contributed by atoms with Crippen molar-refractivity contribution in [3.63, 3.8) is 0 Å². The Morgan fingerprint density at radius 1 is 1.00 bits per heavy atom. The molecule has 2 aromatic rings. The van der Waals surface area contributed by atoms with Gasteiger partial charge in [0.1, 0.15) is 24.0 Å². The zero-order chi connectivity index (χ0) is 21.4. The third-order valence-electron chi connectivity index (χ3n) is 3.91. The predicted molar refractivity (Wildman–Crippen MR) is 102 cm³/mol. The Labute approximate surface area is 166 Å².